The molecule has 6 nitrogen and oxygen atoms in total. The number of nitrogens with one attached hydrogen (secondary N) is 1. The number of rotatable bonds is 7. The molecular weight excluding hydrogens is 421 g/mol. The molecule has 1 fully saturated rings. The average Bonchev–Trinajstić information content (AvgIpc) is 3.25. The maximum atomic E-state index is 13.5. The number of hydrogen-bond donors (Lipinski definition) is 1. The topological polar surface area (TPSA) is 61.9 Å². The second kappa shape index (κ2) is 10.3. The van der Waals surface area contributed by atoms with E-state index in [0.29, 0.717) is 18.8 Å². The molecule has 2 aromatic carbocycles. The van der Waals surface area contributed by atoms with Gasteiger partial charge < -0.3 is 19.9 Å². The number of nitrogens with zero attached hydrogens (tertiary/aromatic N) is 2. The summed E-state index contributed by atoms with van der Waals surface area (Å²) in [6.45, 7) is 7.41. The lowest BCUT2D eigenvalue weighted by molar-refractivity contribution is -0.141. The fourth-order valence-electron chi connectivity index (χ4n) is 3.99. The Balaban J connectivity index is 1.87. The largest absolute Gasteiger partial charge is 0.377 e. The Kier molecular flexibility index (Phi) is 7.74. The highest BCUT2D eigenvalue weighted by atomic mass is 19.1. The Morgan fingerprint density at radius 3 is 2.52 bits per heavy atom. The van der Waals surface area contributed by atoms with Crippen LogP contribution in [0.25, 0.3) is 0 Å². The normalized spacial score (nSPS) is 15.9. The van der Waals surface area contributed by atoms with E-state index >= 15 is 0 Å². The predicted octanol–water partition coefficient (Wildman–Crippen LogP) is 4.70. The highest BCUT2D eigenvalue weighted by molar-refractivity contribution is 6.04. The van der Waals surface area contributed by atoms with Crippen molar-refractivity contribution in [3.63, 3.8) is 0 Å². The fraction of sp³-hybridized carbons (Fsp3) is 0.462. The third-order valence-corrected chi connectivity index (χ3v) is 5.64. The van der Waals surface area contributed by atoms with Gasteiger partial charge in [0.15, 0.2) is 0 Å². The van der Waals surface area contributed by atoms with Gasteiger partial charge in [0.05, 0.1) is 6.10 Å². The number of hydrogen-bond acceptors (Lipinski definition) is 4. The first-order valence-electron chi connectivity index (χ1n) is 11.3. The van der Waals surface area contributed by atoms with Gasteiger partial charge in [0, 0.05) is 56.1 Å². The summed E-state index contributed by atoms with van der Waals surface area (Å²) < 4.78 is 19.3. The molecule has 2 amide bonds. The lowest BCUT2D eigenvalue weighted by Gasteiger charge is -2.32. The number of halogens is 1. The Hall–Kier alpha value is -2.93. The first-order valence-corrected chi connectivity index (χ1v) is 11.3. The highest BCUT2D eigenvalue weighted by Crippen LogP contribution is 2.28. The van der Waals surface area contributed by atoms with E-state index in [1.54, 1.807) is 6.07 Å². The molecular formula is C26H34FN3O3. The summed E-state index contributed by atoms with van der Waals surface area (Å²) in [4.78, 5) is 29.7. The summed E-state index contributed by atoms with van der Waals surface area (Å²) in [5, 5.41) is 2.85. The van der Waals surface area contributed by atoms with Crippen molar-refractivity contribution >= 4 is 23.2 Å². The van der Waals surface area contributed by atoms with E-state index in [2.05, 4.69) is 5.32 Å². The summed E-state index contributed by atoms with van der Waals surface area (Å²) in [6.07, 6.45) is 1.99. The minimum Gasteiger partial charge on any atom is -0.377 e. The molecule has 1 saturated heterocycles. The molecule has 7 heteroatoms. The van der Waals surface area contributed by atoms with Gasteiger partial charge in [-0.05, 0) is 54.8 Å². The molecule has 0 aromatic heterocycles. The number of ether oxygens (including phenoxy) is 1. The van der Waals surface area contributed by atoms with Crippen LogP contribution in [0, 0.1) is 11.2 Å². The highest BCUT2D eigenvalue weighted by Gasteiger charge is 2.31. The van der Waals surface area contributed by atoms with Gasteiger partial charge in [-0.25, -0.2) is 4.39 Å². The van der Waals surface area contributed by atoms with Crippen LogP contribution < -0.4 is 10.2 Å². The van der Waals surface area contributed by atoms with E-state index in [-0.39, 0.29) is 23.5 Å². The van der Waals surface area contributed by atoms with Gasteiger partial charge in [0.2, 0.25) is 5.91 Å². The van der Waals surface area contributed by atoms with Crippen LogP contribution >= 0.6 is 0 Å². The van der Waals surface area contributed by atoms with Gasteiger partial charge in [-0.2, -0.15) is 0 Å². The first-order chi connectivity index (χ1) is 15.5. The average molecular weight is 456 g/mol. The van der Waals surface area contributed by atoms with Gasteiger partial charge in [-0.1, -0.05) is 26.8 Å². The zero-order chi connectivity index (χ0) is 24.2. The number of amides is 2. The third kappa shape index (κ3) is 6.54. The lowest BCUT2D eigenvalue weighted by Crippen LogP contribution is -2.43. The molecule has 1 aliphatic rings. The first kappa shape index (κ1) is 24.7. The van der Waals surface area contributed by atoms with Crippen LogP contribution in [0.5, 0.6) is 0 Å². The van der Waals surface area contributed by atoms with Gasteiger partial charge >= 0.3 is 0 Å². The van der Waals surface area contributed by atoms with Crippen molar-refractivity contribution in [2.24, 2.45) is 5.41 Å². The molecule has 0 spiro atoms. The number of anilines is 2. The van der Waals surface area contributed by atoms with Crippen LogP contribution in [0.3, 0.4) is 0 Å². The molecule has 1 atom stereocenters. The maximum Gasteiger partial charge on any atom is 0.255 e. The van der Waals surface area contributed by atoms with Gasteiger partial charge in [-0.3, -0.25) is 9.59 Å². The number of carbonyl (C=O) groups excluding carboxylic acids is 2. The molecule has 1 aliphatic heterocycles. The second-order valence-corrected chi connectivity index (χ2v) is 9.77. The molecule has 3 rings (SSSR count). The molecule has 0 saturated carbocycles. The van der Waals surface area contributed by atoms with Crippen LogP contribution in [0.4, 0.5) is 15.8 Å². The van der Waals surface area contributed by atoms with Crippen molar-refractivity contribution in [2.45, 2.75) is 46.3 Å². The van der Waals surface area contributed by atoms with Crippen molar-refractivity contribution in [1.82, 2.24) is 4.90 Å². The lowest BCUT2D eigenvalue weighted by atomic mass is 9.94. The molecule has 178 valence electrons. The van der Waals surface area contributed by atoms with Gasteiger partial charge in [0.1, 0.15) is 5.82 Å². The molecule has 2 aromatic rings. The quantitative estimate of drug-likeness (QED) is 0.658. The third-order valence-electron chi connectivity index (χ3n) is 5.64. The summed E-state index contributed by atoms with van der Waals surface area (Å²) in [5.41, 5.74) is 2.17. The van der Waals surface area contributed by atoms with Crippen molar-refractivity contribution in [3.05, 3.63) is 59.4 Å². The van der Waals surface area contributed by atoms with Gasteiger partial charge in [0.25, 0.3) is 5.91 Å². The van der Waals surface area contributed by atoms with Crippen molar-refractivity contribution in [1.29, 1.82) is 0 Å². The summed E-state index contributed by atoms with van der Waals surface area (Å²) in [7, 11) is 3.89. The SMILES string of the molecule is CN(C)c1ccc(NC(=O)c2cccc(F)c2)cc1CN(C[C@H]1CCCO1)C(=O)C(C)(C)C. The standard InChI is InChI=1S/C26H34FN3O3/c1-26(2,3)25(32)30(17-22-10-7-13-33-22)16-19-15-21(11-12-23(19)29(4)5)28-24(31)18-8-6-9-20(27)14-18/h6,8-9,11-12,14-15,22H,7,10,13,16-17H2,1-5H3,(H,28,31)/t22-/m1/s1. The van der Waals surface area contributed by atoms with Crippen LogP contribution in [0.2, 0.25) is 0 Å². The van der Waals surface area contributed by atoms with E-state index in [1.165, 1.54) is 18.2 Å². The summed E-state index contributed by atoms with van der Waals surface area (Å²) >= 11 is 0. The zero-order valence-electron chi connectivity index (χ0n) is 20.2. The Labute approximate surface area is 195 Å². The van der Waals surface area contributed by atoms with E-state index in [1.807, 2.05) is 62.9 Å². The summed E-state index contributed by atoms with van der Waals surface area (Å²) in [6, 6.07) is 11.2. The van der Waals surface area contributed by atoms with Crippen LogP contribution in [-0.4, -0.2) is 50.1 Å². The van der Waals surface area contributed by atoms with Gasteiger partial charge in [-0.15, -0.1) is 0 Å². The van der Waals surface area contributed by atoms with E-state index in [4.69, 9.17) is 4.74 Å². The Bertz CT molecular complexity index is 995. The zero-order valence-corrected chi connectivity index (χ0v) is 20.2. The monoisotopic (exact) mass is 455 g/mol. The minimum atomic E-state index is -0.528. The molecule has 0 bridgehead atoms. The maximum absolute atomic E-state index is 13.5. The molecule has 0 radical (unpaired) electrons. The fourth-order valence-corrected chi connectivity index (χ4v) is 3.99. The minimum absolute atomic E-state index is 0.0370. The van der Waals surface area contributed by atoms with E-state index < -0.39 is 11.2 Å². The number of carbonyl (C=O) groups is 2. The molecule has 1 N–H and O–H groups in total. The molecule has 1 heterocycles. The number of benzene rings is 2. The Morgan fingerprint density at radius 1 is 1.15 bits per heavy atom. The van der Waals surface area contributed by atoms with E-state index in [9.17, 15) is 14.0 Å². The van der Waals surface area contributed by atoms with Crippen LogP contribution in [-0.2, 0) is 16.1 Å². The molecule has 33 heavy (non-hydrogen) atoms. The molecule has 0 aliphatic carbocycles. The van der Waals surface area contributed by atoms with E-state index in [0.717, 1.165) is 30.7 Å². The van der Waals surface area contributed by atoms with Crippen molar-refractivity contribution in [2.75, 3.05) is 37.5 Å². The second-order valence-electron chi connectivity index (χ2n) is 9.77. The smallest absolute Gasteiger partial charge is 0.255 e. The molecule has 0 unspecified atom stereocenters. The summed E-state index contributed by atoms with van der Waals surface area (Å²) in [5.74, 6) is -0.798. The van der Waals surface area contributed by atoms with Crippen LogP contribution in [0.1, 0.15) is 49.5 Å². The van der Waals surface area contributed by atoms with Crippen molar-refractivity contribution < 1.29 is 18.7 Å². The Morgan fingerprint density at radius 2 is 1.91 bits per heavy atom. The van der Waals surface area contributed by atoms with Crippen molar-refractivity contribution in [3.8, 4) is 0 Å². The van der Waals surface area contributed by atoms with Crippen LogP contribution in [0.15, 0.2) is 42.5 Å². The predicted molar refractivity (Wildman–Crippen MR) is 129 cm³/mol.